The highest BCUT2D eigenvalue weighted by Gasteiger charge is 2.28. The Morgan fingerprint density at radius 3 is 2.45 bits per heavy atom. The van der Waals surface area contributed by atoms with Gasteiger partial charge < -0.3 is 4.52 Å². The largest absolute Gasteiger partial charge is 0.339 e. The van der Waals surface area contributed by atoms with E-state index in [-0.39, 0.29) is 0 Å². The summed E-state index contributed by atoms with van der Waals surface area (Å²) < 4.78 is 32.7. The molecular formula is C22H25N3O3S. The van der Waals surface area contributed by atoms with Gasteiger partial charge in [-0.1, -0.05) is 36.3 Å². The SMILES string of the molecule is Cc1ccccc1Cc1nc(-c2ccc(S(=O)(=O)N3CCC(C)CC3)cc2)no1. The molecule has 0 unspecified atom stereocenters. The Hall–Kier alpha value is -2.51. The Balaban J connectivity index is 1.50. The molecule has 29 heavy (non-hydrogen) atoms. The van der Waals surface area contributed by atoms with Gasteiger partial charge in [0.15, 0.2) is 0 Å². The summed E-state index contributed by atoms with van der Waals surface area (Å²) in [7, 11) is -3.46. The van der Waals surface area contributed by atoms with Crippen LogP contribution in [0, 0.1) is 12.8 Å². The van der Waals surface area contributed by atoms with Gasteiger partial charge in [0, 0.05) is 18.7 Å². The van der Waals surface area contributed by atoms with Crippen LogP contribution in [0.2, 0.25) is 0 Å². The fourth-order valence-electron chi connectivity index (χ4n) is 3.57. The Morgan fingerprint density at radius 1 is 1.07 bits per heavy atom. The van der Waals surface area contributed by atoms with E-state index < -0.39 is 10.0 Å². The molecule has 1 aliphatic heterocycles. The third-order valence-corrected chi connectivity index (χ3v) is 7.48. The van der Waals surface area contributed by atoms with Crippen LogP contribution in [0.4, 0.5) is 0 Å². The smallest absolute Gasteiger partial charge is 0.243 e. The van der Waals surface area contributed by atoms with Crippen LogP contribution in [0.25, 0.3) is 11.4 Å². The Kier molecular flexibility index (Phi) is 5.52. The van der Waals surface area contributed by atoms with E-state index in [2.05, 4.69) is 30.1 Å². The Labute approximate surface area is 171 Å². The highest BCUT2D eigenvalue weighted by Crippen LogP contribution is 2.25. The van der Waals surface area contributed by atoms with Crippen LogP contribution in [0.15, 0.2) is 57.9 Å². The minimum Gasteiger partial charge on any atom is -0.339 e. The molecule has 0 amide bonds. The van der Waals surface area contributed by atoms with Crippen molar-refractivity contribution in [1.82, 2.24) is 14.4 Å². The van der Waals surface area contributed by atoms with Crippen molar-refractivity contribution in [3.05, 3.63) is 65.5 Å². The molecule has 0 bridgehead atoms. The van der Waals surface area contributed by atoms with E-state index in [0.717, 1.165) is 24.0 Å². The maximum atomic E-state index is 12.9. The lowest BCUT2D eigenvalue weighted by Crippen LogP contribution is -2.37. The third-order valence-electron chi connectivity index (χ3n) is 5.56. The second-order valence-corrected chi connectivity index (χ2v) is 9.66. The molecule has 0 aliphatic carbocycles. The summed E-state index contributed by atoms with van der Waals surface area (Å²) in [6, 6.07) is 14.8. The number of sulfonamides is 1. The molecule has 0 atom stereocenters. The summed E-state index contributed by atoms with van der Waals surface area (Å²) in [5.41, 5.74) is 3.05. The van der Waals surface area contributed by atoms with Gasteiger partial charge in [-0.25, -0.2) is 8.42 Å². The van der Waals surface area contributed by atoms with Crippen molar-refractivity contribution in [3.8, 4) is 11.4 Å². The average Bonchev–Trinajstić information content (AvgIpc) is 3.19. The average molecular weight is 412 g/mol. The second kappa shape index (κ2) is 8.08. The first-order chi connectivity index (χ1) is 13.9. The fourth-order valence-corrected chi connectivity index (χ4v) is 5.04. The molecule has 0 saturated carbocycles. The lowest BCUT2D eigenvalue weighted by Gasteiger charge is -2.29. The number of hydrogen-bond acceptors (Lipinski definition) is 5. The summed E-state index contributed by atoms with van der Waals surface area (Å²) in [6.45, 7) is 5.38. The highest BCUT2D eigenvalue weighted by molar-refractivity contribution is 7.89. The lowest BCUT2D eigenvalue weighted by atomic mass is 10.0. The predicted octanol–water partition coefficient (Wildman–Crippen LogP) is 4.06. The lowest BCUT2D eigenvalue weighted by molar-refractivity contribution is 0.288. The molecule has 3 aromatic rings. The zero-order chi connectivity index (χ0) is 20.4. The van der Waals surface area contributed by atoms with E-state index in [9.17, 15) is 8.42 Å². The van der Waals surface area contributed by atoms with E-state index >= 15 is 0 Å². The number of nitrogens with zero attached hydrogens (tertiary/aromatic N) is 3. The molecular weight excluding hydrogens is 386 g/mol. The number of rotatable bonds is 5. The van der Waals surface area contributed by atoms with Crippen molar-refractivity contribution in [3.63, 3.8) is 0 Å². The van der Waals surface area contributed by atoms with Gasteiger partial charge in [0.05, 0.1) is 11.3 Å². The minimum atomic E-state index is -3.46. The topological polar surface area (TPSA) is 76.3 Å². The summed E-state index contributed by atoms with van der Waals surface area (Å²) in [5, 5.41) is 4.06. The van der Waals surface area contributed by atoms with E-state index in [0.29, 0.717) is 42.0 Å². The number of aryl methyl sites for hydroxylation is 1. The molecule has 1 saturated heterocycles. The molecule has 1 aromatic heterocycles. The monoisotopic (exact) mass is 411 g/mol. The van der Waals surface area contributed by atoms with Gasteiger partial charge in [-0.15, -0.1) is 0 Å². The second-order valence-electron chi connectivity index (χ2n) is 7.73. The van der Waals surface area contributed by atoms with Gasteiger partial charge in [0.2, 0.25) is 21.7 Å². The first-order valence-corrected chi connectivity index (χ1v) is 11.3. The minimum absolute atomic E-state index is 0.305. The fraction of sp³-hybridized carbons (Fsp3) is 0.364. The molecule has 6 nitrogen and oxygen atoms in total. The number of benzene rings is 2. The molecule has 0 spiro atoms. The molecule has 0 N–H and O–H groups in total. The summed E-state index contributed by atoms with van der Waals surface area (Å²) >= 11 is 0. The van der Waals surface area contributed by atoms with Crippen molar-refractivity contribution >= 4 is 10.0 Å². The highest BCUT2D eigenvalue weighted by atomic mass is 32.2. The standard InChI is InChI=1S/C22H25N3O3S/c1-16-11-13-25(14-12-16)29(26,27)20-9-7-18(8-10-20)22-23-21(28-24-22)15-19-6-4-3-5-17(19)2/h3-10,16H,11-15H2,1-2H3. The first-order valence-electron chi connectivity index (χ1n) is 9.91. The van der Waals surface area contributed by atoms with Crippen molar-refractivity contribution in [2.45, 2.75) is 38.0 Å². The van der Waals surface area contributed by atoms with E-state index in [1.54, 1.807) is 28.6 Å². The van der Waals surface area contributed by atoms with Gasteiger partial charge >= 0.3 is 0 Å². The van der Waals surface area contributed by atoms with E-state index in [1.165, 1.54) is 5.56 Å². The maximum Gasteiger partial charge on any atom is 0.243 e. The third kappa shape index (κ3) is 4.26. The summed E-state index contributed by atoms with van der Waals surface area (Å²) in [4.78, 5) is 4.77. The van der Waals surface area contributed by atoms with E-state index in [4.69, 9.17) is 4.52 Å². The summed E-state index contributed by atoms with van der Waals surface area (Å²) in [5.74, 6) is 1.58. The zero-order valence-electron chi connectivity index (χ0n) is 16.7. The maximum absolute atomic E-state index is 12.9. The van der Waals surface area contributed by atoms with Crippen LogP contribution in [-0.4, -0.2) is 36.0 Å². The molecule has 2 aromatic carbocycles. The first kappa shape index (κ1) is 19.8. The Morgan fingerprint density at radius 2 is 1.76 bits per heavy atom. The molecule has 1 fully saturated rings. The van der Waals surface area contributed by atoms with Crippen molar-refractivity contribution in [1.29, 1.82) is 0 Å². The van der Waals surface area contributed by atoms with Gasteiger partial charge in [0.25, 0.3) is 0 Å². The molecule has 4 rings (SSSR count). The van der Waals surface area contributed by atoms with E-state index in [1.807, 2.05) is 18.2 Å². The van der Waals surface area contributed by atoms with Crippen LogP contribution in [0.1, 0.15) is 36.8 Å². The quantitative estimate of drug-likeness (QED) is 0.633. The molecule has 152 valence electrons. The molecule has 0 radical (unpaired) electrons. The molecule has 1 aliphatic rings. The molecule has 2 heterocycles. The van der Waals surface area contributed by atoms with Gasteiger partial charge in [-0.2, -0.15) is 9.29 Å². The van der Waals surface area contributed by atoms with Crippen molar-refractivity contribution in [2.75, 3.05) is 13.1 Å². The van der Waals surface area contributed by atoms with Crippen molar-refractivity contribution < 1.29 is 12.9 Å². The summed E-state index contributed by atoms with van der Waals surface area (Å²) in [6.07, 6.45) is 2.38. The van der Waals surface area contributed by atoms with Crippen LogP contribution in [-0.2, 0) is 16.4 Å². The van der Waals surface area contributed by atoms with Crippen molar-refractivity contribution in [2.24, 2.45) is 5.92 Å². The predicted molar refractivity (Wildman–Crippen MR) is 111 cm³/mol. The van der Waals surface area contributed by atoms with Gasteiger partial charge in [-0.05, 0) is 61.1 Å². The number of hydrogen-bond donors (Lipinski definition) is 0. The normalized spacial score (nSPS) is 16.2. The number of piperidine rings is 1. The van der Waals surface area contributed by atoms with Crippen LogP contribution >= 0.6 is 0 Å². The Bertz CT molecular complexity index is 1080. The van der Waals surface area contributed by atoms with Gasteiger partial charge in [0.1, 0.15) is 0 Å². The van der Waals surface area contributed by atoms with Gasteiger partial charge in [-0.3, -0.25) is 0 Å². The van der Waals surface area contributed by atoms with Crippen LogP contribution in [0.5, 0.6) is 0 Å². The molecule has 7 heteroatoms. The number of aromatic nitrogens is 2. The van der Waals surface area contributed by atoms with Crippen LogP contribution in [0.3, 0.4) is 0 Å². The zero-order valence-corrected chi connectivity index (χ0v) is 17.5. The van der Waals surface area contributed by atoms with Crippen LogP contribution < -0.4 is 0 Å².